The minimum Gasteiger partial charge on any atom is -0.396 e. The molecule has 1 heterocycles. The predicted octanol–water partition coefficient (Wildman–Crippen LogP) is 0.282. The van der Waals surface area contributed by atoms with Crippen molar-refractivity contribution in [1.29, 1.82) is 0 Å². The molecule has 0 radical (unpaired) electrons. The second kappa shape index (κ2) is 4.03. The van der Waals surface area contributed by atoms with Gasteiger partial charge in [-0.3, -0.25) is 9.48 Å². The summed E-state index contributed by atoms with van der Waals surface area (Å²) in [6.45, 7) is 6.77. The standard InChI is InChI=1S/C11H20N4O2/c1-10(2,11(3,4)17)14-9(16)8-7(12)6-13-15(8)5/h6,17H,12H2,1-5H3,(H,14,16). The van der Waals surface area contributed by atoms with Gasteiger partial charge in [-0.2, -0.15) is 5.10 Å². The van der Waals surface area contributed by atoms with Gasteiger partial charge in [0.2, 0.25) is 0 Å². The average Bonchev–Trinajstić information content (AvgIpc) is 2.43. The monoisotopic (exact) mass is 240 g/mol. The number of nitrogen functional groups attached to an aromatic ring is 1. The van der Waals surface area contributed by atoms with Gasteiger partial charge in [-0.05, 0) is 27.7 Å². The van der Waals surface area contributed by atoms with Crippen LogP contribution in [-0.2, 0) is 7.05 Å². The second-order valence-corrected chi connectivity index (χ2v) is 5.21. The number of hydrogen-bond donors (Lipinski definition) is 3. The molecule has 0 unspecified atom stereocenters. The molecular weight excluding hydrogens is 220 g/mol. The van der Waals surface area contributed by atoms with E-state index in [1.165, 1.54) is 10.9 Å². The highest BCUT2D eigenvalue weighted by atomic mass is 16.3. The Kier molecular flexibility index (Phi) is 3.20. The Balaban J connectivity index is 2.95. The molecule has 0 saturated heterocycles. The van der Waals surface area contributed by atoms with Crippen LogP contribution in [0.4, 0.5) is 5.69 Å². The minimum atomic E-state index is -1.05. The first kappa shape index (κ1) is 13.5. The summed E-state index contributed by atoms with van der Waals surface area (Å²) < 4.78 is 1.41. The van der Waals surface area contributed by atoms with E-state index >= 15 is 0 Å². The molecule has 1 amide bonds. The highest BCUT2D eigenvalue weighted by Gasteiger charge is 2.37. The fraction of sp³-hybridized carbons (Fsp3) is 0.636. The number of aryl methyl sites for hydroxylation is 1. The van der Waals surface area contributed by atoms with E-state index in [-0.39, 0.29) is 5.91 Å². The number of anilines is 1. The summed E-state index contributed by atoms with van der Waals surface area (Å²) in [6.07, 6.45) is 1.42. The number of nitrogens with two attached hydrogens (primary N) is 1. The lowest BCUT2D eigenvalue weighted by Gasteiger charge is -2.37. The van der Waals surface area contributed by atoms with Gasteiger partial charge in [0, 0.05) is 7.05 Å². The van der Waals surface area contributed by atoms with Crippen LogP contribution in [0.25, 0.3) is 0 Å². The Bertz CT molecular complexity index is 410. The molecule has 6 heteroatoms. The lowest BCUT2D eigenvalue weighted by molar-refractivity contribution is -0.00309. The molecule has 6 nitrogen and oxygen atoms in total. The van der Waals surface area contributed by atoms with Crippen molar-refractivity contribution in [2.45, 2.75) is 38.8 Å². The summed E-state index contributed by atoms with van der Waals surface area (Å²) in [4.78, 5) is 12.0. The van der Waals surface area contributed by atoms with E-state index < -0.39 is 11.1 Å². The number of nitrogens with zero attached hydrogens (tertiary/aromatic N) is 2. The molecule has 0 aliphatic rings. The number of carbonyl (C=O) groups excluding carboxylic acids is 1. The number of rotatable bonds is 3. The van der Waals surface area contributed by atoms with Gasteiger partial charge in [0.25, 0.3) is 5.91 Å². The summed E-state index contributed by atoms with van der Waals surface area (Å²) >= 11 is 0. The van der Waals surface area contributed by atoms with Crippen molar-refractivity contribution in [3.05, 3.63) is 11.9 Å². The Hall–Kier alpha value is -1.56. The second-order valence-electron chi connectivity index (χ2n) is 5.21. The van der Waals surface area contributed by atoms with Gasteiger partial charge in [-0.25, -0.2) is 0 Å². The number of nitrogens with one attached hydrogen (secondary N) is 1. The maximum atomic E-state index is 12.0. The molecule has 0 aliphatic heterocycles. The molecule has 17 heavy (non-hydrogen) atoms. The number of aliphatic hydroxyl groups is 1. The van der Waals surface area contributed by atoms with Crippen molar-refractivity contribution in [3.8, 4) is 0 Å². The smallest absolute Gasteiger partial charge is 0.272 e. The fourth-order valence-corrected chi connectivity index (χ4v) is 1.23. The first-order valence-corrected chi connectivity index (χ1v) is 5.38. The third-order valence-electron chi connectivity index (χ3n) is 3.14. The molecule has 0 saturated carbocycles. The van der Waals surface area contributed by atoms with E-state index in [4.69, 9.17) is 5.73 Å². The van der Waals surface area contributed by atoms with Gasteiger partial charge in [0.1, 0.15) is 5.69 Å². The van der Waals surface area contributed by atoms with E-state index in [1.54, 1.807) is 34.7 Å². The van der Waals surface area contributed by atoms with Crippen LogP contribution in [0.5, 0.6) is 0 Å². The maximum absolute atomic E-state index is 12.0. The van der Waals surface area contributed by atoms with Crippen LogP contribution in [-0.4, -0.2) is 31.9 Å². The van der Waals surface area contributed by atoms with Crippen LogP contribution in [0.15, 0.2) is 6.20 Å². The molecular formula is C11H20N4O2. The topological polar surface area (TPSA) is 93.2 Å². The van der Waals surface area contributed by atoms with Crippen LogP contribution >= 0.6 is 0 Å². The quantitative estimate of drug-likeness (QED) is 0.707. The van der Waals surface area contributed by atoms with E-state index in [1.807, 2.05) is 0 Å². The highest BCUT2D eigenvalue weighted by Crippen LogP contribution is 2.21. The molecule has 0 spiro atoms. The van der Waals surface area contributed by atoms with Gasteiger partial charge < -0.3 is 16.2 Å². The van der Waals surface area contributed by atoms with Crippen molar-refractivity contribution in [1.82, 2.24) is 15.1 Å². The SMILES string of the molecule is Cn1ncc(N)c1C(=O)NC(C)(C)C(C)(C)O. The van der Waals surface area contributed by atoms with Crippen molar-refractivity contribution >= 4 is 11.6 Å². The van der Waals surface area contributed by atoms with Crippen LogP contribution in [0.2, 0.25) is 0 Å². The van der Waals surface area contributed by atoms with E-state index in [9.17, 15) is 9.90 Å². The zero-order valence-electron chi connectivity index (χ0n) is 10.9. The van der Waals surface area contributed by atoms with E-state index in [0.29, 0.717) is 11.4 Å². The number of aromatic nitrogens is 2. The Morgan fingerprint density at radius 3 is 2.35 bits per heavy atom. The van der Waals surface area contributed by atoms with Gasteiger partial charge in [-0.15, -0.1) is 0 Å². The zero-order chi connectivity index (χ0) is 13.4. The average molecular weight is 240 g/mol. The Labute approximate surface area is 101 Å². The molecule has 1 rings (SSSR count). The van der Waals surface area contributed by atoms with Crippen molar-refractivity contribution < 1.29 is 9.90 Å². The van der Waals surface area contributed by atoms with Gasteiger partial charge in [-0.1, -0.05) is 0 Å². The Morgan fingerprint density at radius 2 is 2.00 bits per heavy atom. The molecule has 0 bridgehead atoms. The molecule has 0 atom stereocenters. The van der Waals surface area contributed by atoms with Gasteiger partial charge in [0.15, 0.2) is 0 Å². The number of amides is 1. The summed E-state index contributed by atoms with van der Waals surface area (Å²) in [6, 6.07) is 0. The summed E-state index contributed by atoms with van der Waals surface area (Å²) in [5, 5.41) is 16.6. The molecule has 1 aromatic heterocycles. The molecule has 0 aromatic carbocycles. The van der Waals surface area contributed by atoms with Gasteiger partial charge in [0.05, 0.1) is 23.0 Å². The number of carbonyl (C=O) groups is 1. The molecule has 1 aromatic rings. The van der Waals surface area contributed by atoms with Crippen molar-refractivity contribution in [3.63, 3.8) is 0 Å². The van der Waals surface area contributed by atoms with Crippen molar-refractivity contribution in [2.75, 3.05) is 5.73 Å². The molecule has 96 valence electrons. The summed E-state index contributed by atoms with van der Waals surface area (Å²) in [5.74, 6) is -0.352. The van der Waals surface area contributed by atoms with Crippen LogP contribution < -0.4 is 11.1 Å². The van der Waals surface area contributed by atoms with Crippen molar-refractivity contribution in [2.24, 2.45) is 7.05 Å². The highest BCUT2D eigenvalue weighted by molar-refractivity contribution is 5.97. The van der Waals surface area contributed by atoms with E-state index in [2.05, 4.69) is 10.4 Å². The van der Waals surface area contributed by atoms with Crippen LogP contribution in [0, 0.1) is 0 Å². The third-order valence-corrected chi connectivity index (χ3v) is 3.14. The largest absolute Gasteiger partial charge is 0.396 e. The lowest BCUT2D eigenvalue weighted by Crippen LogP contribution is -2.58. The fourth-order valence-electron chi connectivity index (χ4n) is 1.23. The first-order chi connectivity index (χ1) is 7.56. The molecule has 0 fully saturated rings. The summed E-state index contributed by atoms with van der Waals surface area (Å²) in [5.41, 5.74) is 4.45. The van der Waals surface area contributed by atoms with Crippen LogP contribution in [0.1, 0.15) is 38.2 Å². The van der Waals surface area contributed by atoms with Crippen LogP contribution in [0.3, 0.4) is 0 Å². The van der Waals surface area contributed by atoms with Gasteiger partial charge >= 0.3 is 0 Å². The first-order valence-electron chi connectivity index (χ1n) is 5.38. The normalized spacial score (nSPS) is 12.6. The molecule has 4 N–H and O–H groups in total. The summed E-state index contributed by atoms with van der Waals surface area (Å²) in [7, 11) is 1.64. The maximum Gasteiger partial charge on any atom is 0.272 e. The zero-order valence-corrected chi connectivity index (χ0v) is 10.9. The Morgan fingerprint density at radius 1 is 1.47 bits per heavy atom. The lowest BCUT2D eigenvalue weighted by atomic mass is 9.86. The third kappa shape index (κ3) is 2.58. The minimum absolute atomic E-state index is 0.294. The number of hydrogen-bond acceptors (Lipinski definition) is 4. The van der Waals surface area contributed by atoms with E-state index in [0.717, 1.165) is 0 Å². The molecule has 0 aliphatic carbocycles. The predicted molar refractivity (Wildman–Crippen MR) is 65.5 cm³/mol.